The first kappa shape index (κ1) is 19.8. The van der Waals surface area contributed by atoms with Crippen LogP contribution in [0.4, 0.5) is 0 Å². The number of hydrogen-bond acceptors (Lipinski definition) is 4. The minimum absolute atomic E-state index is 0.000907. The van der Waals surface area contributed by atoms with Crippen LogP contribution in [0.1, 0.15) is 23.2 Å². The number of rotatable bonds is 5. The number of amides is 1. The van der Waals surface area contributed by atoms with Crippen LogP contribution in [0.2, 0.25) is 10.0 Å². The Hall–Kier alpha value is -2.50. The molecule has 1 atom stereocenters. The Kier molecular flexibility index (Phi) is 7.06. The third kappa shape index (κ3) is 5.00. The average Bonchev–Trinajstić information content (AvgIpc) is 3.11. The van der Waals surface area contributed by atoms with Crippen molar-refractivity contribution < 1.29 is 14.7 Å². The molecule has 0 radical (unpaired) electrons. The minimum atomic E-state index is -1.30. The molecular weight excluding hydrogens is 381 g/mol. The number of carboxylic acids is 1. The fourth-order valence-electron chi connectivity index (χ4n) is 2.51. The number of likely N-dealkylation sites (tertiary alicyclic amines) is 1. The molecule has 0 saturated carbocycles. The molecule has 0 unspecified atom stereocenters. The summed E-state index contributed by atoms with van der Waals surface area (Å²) < 4.78 is 0. The van der Waals surface area contributed by atoms with Crippen LogP contribution in [-0.2, 0) is 4.79 Å². The second-order valence-electron chi connectivity index (χ2n) is 5.56. The lowest BCUT2D eigenvalue weighted by Crippen LogP contribution is -2.44. The largest absolute Gasteiger partial charge is 0.480 e. The van der Waals surface area contributed by atoms with E-state index in [1.54, 1.807) is 12.3 Å². The standard InChI is InChI=1S/C16H17Cl2N5O3/c17-10-4-3-5-11(18)13(10)14(24)22-12(15(25)26)8-20-16(21-9-19)23-6-1-2-7-23/h3-5,12H,1-2,6-8H2,(H,20,21)(H,22,24)(H,25,26)/t12-/m0/s1. The van der Waals surface area contributed by atoms with Crippen LogP contribution in [-0.4, -0.2) is 53.5 Å². The van der Waals surface area contributed by atoms with Crippen molar-refractivity contribution in [1.29, 1.82) is 5.26 Å². The zero-order chi connectivity index (χ0) is 19.1. The molecule has 1 aromatic rings. The van der Waals surface area contributed by atoms with Gasteiger partial charge in [0.25, 0.3) is 5.91 Å². The van der Waals surface area contributed by atoms with Gasteiger partial charge in [0.05, 0.1) is 22.2 Å². The number of halogens is 2. The van der Waals surface area contributed by atoms with Gasteiger partial charge in [0.1, 0.15) is 6.04 Å². The summed E-state index contributed by atoms with van der Waals surface area (Å²) in [6.07, 6.45) is 3.72. The van der Waals surface area contributed by atoms with E-state index in [9.17, 15) is 14.7 Å². The molecule has 0 spiro atoms. The summed E-state index contributed by atoms with van der Waals surface area (Å²) in [6, 6.07) is 3.25. The molecule has 1 amide bonds. The maximum absolute atomic E-state index is 12.4. The Morgan fingerprint density at radius 1 is 1.31 bits per heavy atom. The summed E-state index contributed by atoms with van der Waals surface area (Å²) in [5.41, 5.74) is 0.000907. The maximum Gasteiger partial charge on any atom is 0.328 e. The smallest absolute Gasteiger partial charge is 0.328 e. The summed E-state index contributed by atoms with van der Waals surface area (Å²) in [4.78, 5) is 29.8. The van der Waals surface area contributed by atoms with E-state index in [2.05, 4.69) is 15.6 Å². The van der Waals surface area contributed by atoms with Gasteiger partial charge in [0, 0.05) is 13.1 Å². The Labute approximate surface area is 160 Å². The molecule has 8 nitrogen and oxygen atoms in total. The van der Waals surface area contributed by atoms with Crippen molar-refractivity contribution in [2.24, 2.45) is 4.99 Å². The van der Waals surface area contributed by atoms with Crippen molar-refractivity contribution in [2.45, 2.75) is 18.9 Å². The van der Waals surface area contributed by atoms with E-state index in [1.165, 1.54) is 12.1 Å². The monoisotopic (exact) mass is 397 g/mol. The Morgan fingerprint density at radius 2 is 1.92 bits per heavy atom. The molecule has 1 aliphatic rings. The first-order valence-corrected chi connectivity index (χ1v) is 8.61. The third-order valence-corrected chi connectivity index (χ3v) is 4.42. The lowest BCUT2D eigenvalue weighted by molar-refractivity contribution is -0.138. The van der Waals surface area contributed by atoms with Crippen LogP contribution in [0.3, 0.4) is 0 Å². The van der Waals surface area contributed by atoms with Crippen LogP contribution < -0.4 is 10.6 Å². The van der Waals surface area contributed by atoms with Crippen molar-refractivity contribution in [3.8, 4) is 6.19 Å². The van der Waals surface area contributed by atoms with Crippen LogP contribution in [0.5, 0.6) is 0 Å². The molecule has 138 valence electrons. The van der Waals surface area contributed by atoms with Gasteiger partial charge in [-0.3, -0.25) is 10.1 Å². The Bertz CT molecular complexity index is 736. The lowest BCUT2D eigenvalue weighted by atomic mass is 10.2. The molecule has 1 heterocycles. The number of nitrogens with zero attached hydrogens (tertiary/aromatic N) is 3. The Morgan fingerprint density at radius 3 is 2.46 bits per heavy atom. The molecular formula is C16H17Cl2N5O3. The quantitative estimate of drug-likeness (QED) is 0.301. The molecule has 1 aromatic carbocycles. The van der Waals surface area contributed by atoms with E-state index >= 15 is 0 Å². The fourth-order valence-corrected chi connectivity index (χ4v) is 3.07. The van der Waals surface area contributed by atoms with Gasteiger partial charge in [-0.1, -0.05) is 29.3 Å². The van der Waals surface area contributed by atoms with Crippen LogP contribution in [0.25, 0.3) is 0 Å². The highest BCUT2D eigenvalue weighted by molar-refractivity contribution is 6.39. The average molecular weight is 398 g/mol. The highest BCUT2D eigenvalue weighted by Crippen LogP contribution is 2.24. The van der Waals surface area contributed by atoms with Gasteiger partial charge in [-0.25, -0.2) is 9.79 Å². The molecule has 2 rings (SSSR count). The summed E-state index contributed by atoms with van der Waals surface area (Å²) in [5.74, 6) is -1.68. The number of aliphatic imine (C=N–C) groups is 1. The zero-order valence-corrected chi connectivity index (χ0v) is 15.2. The summed E-state index contributed by atoms with van der Waals surface area (Å²) in [5, 5.41) is 23.3. The molecule has 26 heavy (non-hydrogen) atoms. The van der Waals surface area contributed by atoms with Crippen molar-refractivity contribution in [3.05, 3.63) is 33.8 Å². The fraction of sp³-hybridized carbons (Fsp3) is 0.375. The molecule has 1 fully saturated rings. The SMILES string of the molecule is N#CNC(=NC[C@H](NC(=O)c1c(Cl)cccc1Cl)C(=O)O)N1CCCC1. The van der Waals surface area contributed by atoms with Crippen LogP contribution >= 0.6 is 23.2 Å². The highest BCUT2D eigenvalue weighted by Gasteiger charge is 2.24. The van der Waals surface area contributed by atoms with E-state index in [4.69, 9.17) is 28.5 Å². The number of guanidine groups is 1. The lowest BCUT2D eigenvalue weighted by Gasteiger charge is -2.19. The van der Waals surface area contributed by atoms with Gasteiger partial charge in [-0.15, -0.1) is 0 Å². The topological polar surface area (TPSA) is 118 Å². The predicted octanol–water partition coefficient (Wildman–Crippen LogP) is 1.70. The molecule has 1 saturated heterocycles. The number of carbonyl (C=O) groups excluding carboxylic acids is 1. The van der Waals surface area contributed by atoms with E-state index < -0.39 is 17.9 Å². The number of carbonyl (C=O) groups is 2. The number of carboxylic acid groups (broad SMARTS) is 1. The second kappa shape index (κ2) is 9.27. The summed E-state index contributed by atoms with van der Waals surface area (Å²) in [7, 11) is 0. The molecule has 10 heteroatoms. The summed E-state index contributed by atoms with van der Waals surface area (Å²) in [6.45, 7) is 1.21. The highest BCUT2D eigenvalue weighted by atomic mass is 35.5. The van der Waals surface area contributed by atoms with Gasteiger partial charge < -0.3 is 15.3 Å². The maximum atomic E-state index is 12.4. The zero-order valence-electron chi connectivity index (χ0n) is 13.7. The van der Waals surface area contributed by atoms with E-state index in [-0.39, 0.29) is 22.2 Å². The second-order valence-corrected chi connectivity index (χ2v) is 6.37. The molecule has 0 aromatic heterocycles. The van der Waals surface area contributed by atoms with Gasteiger partial charge in [0.15, 0.2) is 6.19 Å². The summed E-state index contributed by atoms with van der Waals surface area (Å²) >= 11 is 11.9. The van der Waals surface area contributed by atoms with E-state index in [1.807, 2.05) is 4.90 Å². The molecule has 0 bridgehead atoms. The van der Waals surface area contributed by atoms with Gasteiger partial charge in [0.2, 0.25) is 5.96 Å². The number of hydrogen-bond donors (Lipinski definition) is 3. The number of nitrogens with one attached hydrogen (secondary N) is 2. The van der Waals surface area contributed by atoms with Crippen LogP contribution in [0.15, 0.2) is 23.2 Å². The first-order valence-electron chi connectivity index (χ1n) is 7.86. The molecule has 1 aliphatic heterocycles. The van der Waals surface area contributed by atoms with Crippen molar-refractivity contribution in [3.63, 3.8) is 0 Å². The first-order chi connectivity index (χ1) is 12.4. The minimum Gasteiger partial charge on any atom is -0.480 e. The molecule has 3 N–H and O–H groups in total. The normalized spacial score (nSPS) is 15.3. The van der Waals surface area contributed by atoms with Gasteiger partial charge in [-0.2, -0.15) is 5.26 Å². The number of benzene rings is 1. The van der Waals surface area contributed by atoms with Crippen LogP contribution in [0, 0.1) is 11.5 Å². The predicted molar refractivity (Wildman–Crippen MR) is 97.2 cm³/mol. The third-order valence-electron chi connectivity index (χ3n) is 3.79. The number of nitriles is 1. The van der Waals surface area contributed by atoms with Gasteiger partial charge in [-0.05, 0) is 25.0 Å². The van der Waals surface area contributed by atoms with Crippen molar-refractivity contribution in [2.75, 3.05) is 19.6 Å². The van der Waals surface area contributed by atoms with Crippen molar-refractivity contribution >= 4 is 41.0 Å². The Balaban J connectivity index is 2.13. The number of aliphatic carboxylic acids is 1. The van der Waals surface area contributed by atoms with Gasteiger partial charge >= 0.3 is 5.97 Å². The molecule has 0 aliphatic carbocycles. The van der Waals surface area contributed by atoms with Crippen molar-refractivity contribution in [1.82, 2.24) is 15.5 Å². The van der Waals surface area contributed by atoms with E-state index in [0.29, 0.717) is 5.96 Å². The van der Waals surface area contributed by atoms with E-state index in [0.717, 1.165) is 25.9 Å².